The van der Waals surface area contributed by atoms with Gasteiger partial charge in [-0.05, 0) is 62.7 Å². The van der Waals surface area contributed by atoms with Gasteiger partial charge in [-0.25, -0.2) is 8.42 Å². The first kappa shape index (κ1) is 19.6. The first-order chi connectivity index (χ1) is 13.2. The van der Waals surface area contributed by atoms with Gasteiger partial charge >= 0.3 is 0 Å². The molecule has 0 heterocycles. The Labute approximate surface area is 165 Å². The molecule has 0 unspecified atom stereocenters. The highest BCUT2D eigenvalue weighted by Gasteiger charge is 2.17. The number of aryl methyl sites for hydroxylation is 3. The van der Waals surface area contributed by atoms with Crippen LogP contribution in [0.3, 0.4) is 0 Å². The summed E-state index contributed by atoms with van der Waals surface area (Å²) in [5.41, 5.74) is 4.51. The van der Waals surface area contributed by atoms with Gasteiger partial charge in [-0.2, -0.15) is 0 Å². The molecule has 6 heteroatoms. The number of rotatable bonds is 5. The molecule has 3 aromatic rings. The molecule has 0 spiro atoms. The average molecular weight is 394 g/mol. The maximum atomic E-state index is 12.7. The molecular formula is C22H22N2O3S. The second-order valence-electron chi connectivity index (χ2n) is 6.77. The summed E-state index contributed by atoms with van der Waals surface area (Å²) < 4.78 is 27.9. The van der Waals surface area contributed by atoms with Crippen LogP contribution in [0.2, 0.25) is 0 Å². The van der Waals surface area contributed by atoms with Crippen molar-refractivity contribution in [1.82, 2.24) is 0 Å². The van der Waals surface area contributed by atoms with Gasteiger partial charge in [-0.1, -0.05) is 41.5 Å². The SMILES string of the molecule is Cc1ccc(NS(=O)(=O)c2cccc(C(=O)Nc3ccc(C)cc3C)c2)cc1. The van der Waals surface area contributed by atoms with Crippen molar-refractivity contribution in [1.29, 1.82) is 0 Å². The van der Waals surface area contributed by atoms with Crippen LogP contribution in [-0.2, 0) is 10.0 Å². The van der Waals surface area contributed by atoms with Gasteiger partial charge in [0.15, 0.2) is 0 Å². The summed E-state index contributed by atoms with van der Waals surface area (Å²) in [6.45, 7) is 5.82. The highest BCUT2D eigenvalue weighted by Crippen LogP contribution is 2.20. The van der Waals surface area contributed by atoms with E-state index < -0.39 is 10.0 Å². The van der Waals surface area contributed by atoms with Crippen LogP contribution < -0.4 is 10.0 Å². The molecule has 3 rings (SSSR count). The number of carbonyl (C=O) groups excluding carboxylic acids is 1. The minimum atomic E-state index is -3.80. The van der Waals surface area contributed by atoms with Crippen molar-refractivity contribution >= 4 is 27.3 Å². The molecular weight excluding hydrogens is 372 g/mol. The van der Waals surface area contributed by atoms with Gasteiger partial charge in [-0.15, -0.1) is 0 Å². The lowest BCUT2D eigenvalue weighted by atomic mass is 10.1. The van der Waals surface area contributed by atoms with E-state index in [0.29, 0.717) is 11.4 Å². The molecule has 0 aliphatic rings. The Balaban J connectivity index is 1.82. The Bertz CT molecular complexity index is 1120. The maximum Gasteiger partial charge on any atom is 0.261 e. The van der Waals surface area contributed by atoms with E-state index in [0.717, 1.165) is 16.7 Å². The first-order valence-corrected chi connectivity index (χ1v) is 10.3. The summed E-state index contributed by atoms with van der Waals surface area (Å²) in [6.07, 6.45) is 0. The number of carbonyl (C=O) groups is 1. The fourth-order valence-corrected chi connectivity index (χ4v) is 3.89. The third-order valence-electron chi connectivity index (χ3n) is 4.34. The molecule has 0 fully saturated rings. The maximum absolute atomic E-state index is 12.7. The van der Waals surface area contributed by atoms with Crippen LogP contribution in [-0.4, -0.2) is 14.3 Å². The van der Waals surface area contributed by atoms with E-state index in [2.05, 4.69) is 10.0 Å². The van der Waals surface area contributed by atoms with E-state index in [9.17, 15) is 13.2 Å². The van der Waals surface area contributed by atoms with Crippen molar-refractivity contribution in [2.45, 2.75) is 25.7 Å². The predicted octanol–water partition coefficient (Wildman–Crippen LogP) is 4.66. The highest BCUT2D eigenvalue weighted by molar-refractivity contribution is 7.92. The molecule has 0 aliphatic carbocycles. The van der Waals surface area contributed by atoms with Crippen LogP contribution in [0.1, 0.15) is 27.0 Å². The van der Waals surface area contributed by atoms with Crippen molar-refractivity contribution in [3.63, 3.8) is 0 Å². The van der Waals surface area contributed by atoms with Gasteiger partial charge in [0, 0.05) is 16.9 Å². The van der Waals surface area contributed by atoms with Crippen molar-refractivity contribution in [3.8, 4) is 0 Å². The summed E-state index contributed by atoms with van der Waals surface area (Å²) in [5.74, 6) is -0.362. The molecule has 1 amide bonds. The lowest BCUT2D eigenvalue weighted by Gasteiger charge is -2.11. The van der Waals surface area contributed by atoms with Gasteiger partial charge in [0.2, 0.25) is 0 Å². The van der Waals surface area contributed by atoms with Crippen LogP contribution in [0.25, 0.3) is 0 Å². The Morgan fingerprint density at radius 2 is 1.50 bits per heavy atom. The van der Waals surface area contributed by atoms with E-state index in [1.165, 1.54) is 12.1 Å². The molecule has 3 aromatic carbocycles. The number of amides is 1. The number of anilines is 2. The van der Waals surface area contributed by atoms with Crippen LogP contribution in [0.15, 0.2) is 71.6 Å². The molecule has 144 valence electrons. The number of hydrogen-bond acceptors (Lipinski definition) is 3. The molecule has 5 nitrogen and oxygen atoms in total. The molecule has 0 aromatic heterocycles. The van der Waals surface area contributed by atoms with Crippen molar-refractivity contribution in [2.75, 3.05) is 10.0 Å². The normalized spacial score (nSPS) is 11.1. The van der Waals surface area contributed by atoms with Crippen molar-refractivity contribution in [3.05, 3.63) is 89.0 Å². The van der Waals surface area contributed by atoms with Crippen molar-refractivity contribution < 1.29 is 13.2 Å². The van der Waals surface area contributed by atoms with Gasteiger partial charge in [0.25, 0.3) is 15.9 Å². The van der Waals surface area contributed by atoms with Crippen LogP contribution in [0.4, 0.5) is 11.4 Å². The number of nitrogens with one attached hydrogen (secondary N) is 2. The predicted molar refractivity (Wildman–Crippen MR) is 112 cm³/mol. The monoisotopic (exact) mass is 394 g/mol. The zero-order chi connectivity index (χ0) is 20.3. The fourth-order valence-electron chi connectivity index (χ4n) is 2.79. The quantitative estimate of drug-likeness (QED) is 0.661. The smallest absolute Gasteiger partial charge is 0.261 e. The Kier molecular flexibility index (Phi) is 5.51. The number of hydrogen-bond donors (Lipinski definition) is 2. The van der Waals surface area contributed by atoms with Gasteiger partial charge in [0.1, 0.15) is 0 Å². The number of sulfonamides is 1. The lowest BCUT2D eigenvalue weighted by molar-refractivity contribution is 0.102. The highest BCUT2D eigenvalue weighted by atomic mass is 32.2. The first-order valence-electron chi connectivity index (χ1n) is 8.83. The van der Waals surface area contributed by atoms with Crippen LogP contribution >= 0.6 is 0 Å². The van der Waals surface area contributed by atoms with E-state index in [4.69, 9.17) is 0 Å². The molecule has 0 aliphatic heterocycles. The molecule has 0 radical (unpaired) electrons. The minimum Gasteiger partial charge on any atom is -0.322 e. The lowest BCUT2D eigenvalue weighted by Crippen LogP contribution is -2.16. The second kappa shape index (κ2) is 7.86. The largest absolute Gasteiger partial charge is 0.322 e. The second-order valence-corrected chi connectivity index (χ2v) is 8.45. The summed E-state index contributed by atoms with van der Waals surface area (Å²) in [4.78, 5) is 12.6. The number of benzene rings is 3. The van der Waals surface area contributed by atoms with E-state index in [1.807, 2.05) is 51.1 Å². The van der Waals surface area contributed by atoms with Crippen molar-refractivity contribution in [2.24, 2.45) is 0 Å². The van der Waals surface area contributed by atoms with E-state index >= 15 is 0 Å². The summed E-state index contributed by atoms with van der Waals surface area (Å²) in [6, 6.07) is 18.7. The standard InChI is InChI=1S/C22H22N2O3S/c1-15-7-10-19(11-8-15)24-28(26,27)20-6-4-5-18(14-20)22(25)23-21-12-9-16(2)13-17(21)3/h4-14,24H,1-3H3,(H,23,25). The molecule has 0 atom stereocenters. The fraction of sp³-hybridized carbons (Fsp3) is 0.136. The van der Waals surface area contributed by atoms with Crippen LogP contribution in [0.5, 0.6) is 0 Å². The molecule has 0 saturated heterocycles. The molecule has 0 bridgehead atoms. The summed E-state index contributed by atoms with van der Waals surface area (Å²) >= 11 is 0. The minimum absolute atomic E-state index is 0.0290. The average Bonchev–Trinajstić information content (AvgIpc) is 2.66. The molecule has 28 heavy (non-hydrogen) atoms. The summed E-state index contributed by atoms with van der Waals surface area (Å²) in [5, 5.41) is 2.83. The van der Waals surface area contributed by atoms with Gasteiger partial charge < -0.3 is 5.32 Å². The van der Waals surface area contributed by atoms with E-state index in [1.54, 1.807) is 24.3 Å². The molecule has 2 N–H and O–H groups in total. The Morgan fingerprint density at radius 3 is 2.18 bits per heavy atom. The Hall–Kier alpha value is -3.12. The third kappa shape index (κ3) is 4.58. The zero-order valence-electron chi connectivity index (χ0n) is 16.0. The molecule has 0 saturated carbocycles. The topological polar surface area (TPSA) is 75.3 Å². The van der Waals surface area contributed by atoms with Gasteiger partial charge in [0.05, 0.1) is 4.90 Å². The van der Waals surface area contributed by atoms with Crippen LogP contribution in [0, 0.1) is 20.8 Å². The third-order valence-corrected chi connectivity index (χ3v) is 5.72. The Morgan fingerprint density at radius 1 is 0.821 bits per heavy atom. The van der Waals surface area contributed by atoms with E-state index in [-0.39, 0.29) is 16.4 Å². The van der Waals surface area contributed by atoms with Gasteiger partial charge in [-0.3, -0.25) is 9.52 Å². The summed E-state index contributed by atoms with van der Waals surface area (Å²) in [7, 11) is -3.80. The zero-order valence-corrected chi connectivity index (χ0v) is 16.8.